The largest absolute Gasteiger partial charge is 0.479 e. The predicted molar refractivity (Wildman–Crippen MR) is 114 cm³/mol. The van der Waals surface area contributed by atoms with Crippen LogP contribution in [0.3, 0.4) is 0 Å². The molecule has 1 amide bonds. The average Bonchev–Trinajstić information content (AvgIpc) is 3.20. The van der Waals surface area contributed by atoms with Crippen molar-refractivity contribution in [3.05, 3.63) is 65.1 Å². The molecule has 0 aliphatic rings. The van der Waals surface area contributed by atoms with Gasteiger partial charge in [0.2, 0.25) is 0 Å². The summed E-state index contributed by atoms with van der Waals surface area (Å²) in [7, 11) is -3.75. The Hall–Kier alpha value is -2.62. The van der Waals surface area contributed by atoms with Crippen LogP contribution in [0.5, 0.6) is 5.75 Å². The van der Waals surface area contributed by atoms with Crippen LogP contribution in [0.4, 0.5) is 10.8 Å². The van der Waals surface area contributed by atoms with E-state index in [9.17, 15) is 13.2 Å². The second kappa shape index (κ2) is 9.25. The zero-order chi connectivity index (χ0) is 20.9. The Morgan fingerprint density at radius 2 is 1.93 bits per heavy atom. The fraction of sp³-hybridized carbons (Fsp3) is 0.158. The molecular weight excluding hydrogens is 434 g/mol. The van der Waals surface area contributed by atoms with E-state index in [2.05, 4.69) is 15.0 Å². The summed E-state index contributed by atoms with van der Waals surface area (Å²) in [6.45, 7) is 1.82. The van der Waals surface area contributed by atoms with Crippen LogP contribution in [0.15, 0.2) is 65.0 Å². The number of hydrogen-bond donors (Lipinski definition) is 2. The Balaban J connectivity index is 1.66. The molecule has 152 valence electrons. The molecule has 1 heterocycles. The van der Waals surface area contributed by atoms with Crippen molar-refractivity contribution in [1.29, 1.82) is 0 Å². The quantitative estimate of drug-likeness (QED) is 0.529. The van der Waals surface area contributed by atoms with Gasteiger partial charge in [0.15, 0.2) is 11.2 Å². The lowest BCUT2D eigenvalue weighted by Crippen LogP contribution is -2.32. The highest BCUT2D eigenvalue weighted by atomic mass is 35.5. The third-order valence-electron chi connectivity index (χ3n) is 3.86. The first-order valence-corrected chi connectivity index (χ1v) is 11.4. The Bertz CT molecular complexity index is 1070. The third-order valence-corrected chi connectivity index (χ3v) is 6.34. The molecule has 0 saturated heterocycles. The molecule has 0 radical (unpaired) electrons. The van der Waals surface area contributed by atoms with E-state index in [1.165, 1.54) is 41.8 Å². The fourth-order valence-electron chi connectivity index (χ4n) is 2.40. The van der Waals surface area contributed by atoms with Gasteiger partial charge in [-0.05, 0) is 42.8 Å². The molecule has 0 spiro atoms. The molecule has 0 bridgehead atoms. The monoisotopic (exact) mass is 451 g/mol. The molecule has 0 aliphatic heterocycles. The lowest BCUT2D eigenvalue weighted by Gasteiger charge is -2.18. The molecule has 3 rings (SSSR count). The van der Waals surface area contributed by atoms with Gasteiger partial charge in [-0.2, -0.15) is 0 Å². The van der Waals surface area contributed by atoms with E-state index in [1.54, 1.807) is 29.6 Å². The molecule has 3 aromatic rings. The minimum Gasteiger partial charge on any atom is -0.479 e. The van der Waals surface area contributed by atoms with Gasteiger partial charge in [0.25, 0.3) is 15.9 Å². The molecule has 2 aromatic carbocycles. The number of carbonyl (C=O) groups excluding carboxylic acids is 1. The standard InChI is InChI=1S/C19H18ClN3O4S2/c1-2-16(27-17-6-4-3-5-15(17)20)18(24)22-13-7-9-14(10-8-13)29(25,26)23-19-21-11-12-28-19/h3-12,16H,2H2,1H3,(H,21,23)(H,22,24). The highest BCUT2D eigenvalue weighted by Crippen LogP contribution is 2.25. The van der Waals surface area contributed by atoms with E-state index >= 15 is 0 Å². The average molecular weight is 452 g/mol. The SMILES string of the molecule is CCC(Oc1ccccc1Cl)C(=O)Nc1ccc(S(=O)(=O)Nc2nccs2)cc1. The Kier molecular flexibility index (Phi) is 6.73. The molecule has 10 heteroatoms. The highest BCUT2D eigenvalue weighted by molar-refractivity contribution is 7.93. The minimum absolute atomic E-state index is 0.0602. The molecule has 1 aromatic heterocycles. The number of amides is 1. The number of halogens is 1. The van der Waals surface area contributed by atoms with Crippen molar-refractivity contribution in [2.75, 3.05) is 10.0 Å². The van der Waals surface area contributed by atoms with Crippen LogP contribution in [0.2, 0.25) is 5.02 Å². The number of nitrogens with zero attached hydrogens (tertiary/aromatic N) is 1. The van der Waals surface area contributed by atoms with E-state index < -0.39 is 16.1 Å². The first-order chi connectivity index (χ1) is 13.9. The van der Waals surface area contributed by atoms with Gasteiger partial charge in [0, 0.05) is 17.3 Å². The number of hydrogen-bond acceptors (Lipinski definition) is 6. The van der Waals surface area contributed by atoms with Crippen molar-refractivity contribution in [1.82, 2.24) is 4.98 Å². The van der Waals surface area contributed by atoms with Crippen molar-refractivity contribution in [3.63, 3.8) is 0 Å². The molecule has 1 atom stereocenters. The summed E-state index contributed by atoms with van der Waals surface area (Å²) in [4.78, 5) is 16.5. The van der Waals surface area contributed by atoms with Gasteiger partial charge in [0.05, 0.1) is 9.92 Å². The van der Waals surface area contributed by atoms with E-state index in [4.69, 9.17) is 16.3 Å². The molecule has 0 aliphatic carbocycles. The van der Waals surface area contributed by atoms with Gasteiger partial charge in [0.1, 0.15) is 5.75 Å². The molecule has 7 nitrogen and oxygen atoms in total. The number of para-hydroxylation sites is 1. The number of benzene rings is 2. The minimum atomic E-state index is -3.75. The third kappa shape index (κ3) is 5.47. The summed E-state index contributed by atoms with van der Waals surface area (Å²) in [5.41, 5.74) is 0.449. The maximum Gasteiger partial charge on any atom is 0.265 e. The lowest BCUT2D eigenvalue weighted by atomic mass is 10.2. The summed E-state index contributed by atoms with van der Waals surface area (Å²) in [6, 6.07) is 12.7. The zero-order valence-corrected chi connectivity index (χ0v) is 17.7. The number of ether oxygens (including phenoxy) is 1. The Morgan fingerprint density at radius 3 is 2.55 bits per heavy atom. The van der Waals surface area contributed by atoms with Crippen LogP contribution in [0.25, 0.3) is 0 Å². The van der Waals surface area contributed by atoms with Gasteiger partial charge in [-0.15, -0.1) is 11.3 Å². The van der Waals surface area contributed by atoms with E-state index in [-0.39, 0.29) is 15.9 Å². The van der Waals surface area contributed by atoms with E-state index in [0.29, 0.717) is 22.9 Å². The number of aromatic nitrogens is 1. The fourth-order valence-corrected chi connectivity index (χ4v) is 4.37. The van der Waals surface area contributed by atoms with Crippen molar-refractivity contribution in [3.8, 4) is 5.75 Å². The van der Waals surface area contributed by atoms with Crippen molar-refractivity contribution in [2.45, 2.75) is 24.3 Å². The number of rotatable bonds is 8. The first kappa shape index (κ1) is 21.1. The predicted octanol–water partition coefficient (Wildman–Crippen LogP) is 4.39. The first-order valence-electron chi connectivity index (χ1n) is 8.63. The van der Waals surface area contributed by atoms with Crippen LogP contribution in [0, 0.1) is 0 Å². The van der Waals surface area contributed by atoms with Gasteiger partial charge >= 0.3 is 0 Å². The second-order valence-electron chi connectivity index (χ2n) is 5.90. The van der Waals surface area contributed by atoms with E-state index in [0.717, 1.165) is 0 Å². The molecule has 0 saturated carbocycles. The Labute approximate surface area is 177 Å². The summed E-state index contributed by atoms with van der Waals surface area (Å²) >= 11 is 7.26. The maximum atomic E-state index is 12.5. The summed E-state index contributed by atoms with van der Waals surface area (Å²) in [6.07, 6.45) is 1.20. The van der Waals surface area contributed by atoms with E-state index in [1.807, 2.05) is 6.92 Å². The van der Waals surface area contributed by atoms with Gasteiger partial charge in [-0.3, -0.25) is 9.52 Å². The molecule has 1 unspecified atom stereocenters. The molecule has 29 heavy (non-hydrogen) atoms. The van der Waals surface area contributed by atoms with Crippen LogP contribution in [-0.2, 0) is 14.8 Å². The Morgan fingerprint density at radius 1 is 1.21 bits per heavy atom. The van der Waals surface area contributed by atoms with Crippen LogP contribution in [-0.4, -0.2) is 25.4 Å². The normalized spacial score (nSPS) is 12.2. The topological polar surface area (TPSA) is 97.4 Å². The van der Waals surface area contributed by atoms with Crippen molar-refractivity contribution < 1.29 is 17.9 Å². The van der Waals surface area contributed by atoms with Gasteiger partial charge in [-0.25, -0.2) is 13.4 Å². The number of thiazole rings is 1. The summed E-state index contributed by atoms with van der Waals surface area (Å²) < 4.78 is 32.8. The van der Waals surface area contributed by atoms with Gasteiger partial charge < -0.3 is 10.1 Å². The summed E-state index contributed by atoms with van der Waals surface area (Å²) in [5.74, 6) is 0.0646. The molecule has 0 fully saturated rings. The number of carbonyl (C=O) groups is 1. The number of anilines is 2. The van der Waals surface area contributed by atoms with Crippen molar-refractivity contribution >= 4 is 49.7 Å². The van der Waals surface area contributed by atoms with Crippen LogP contribution < -0.4 is 14.8 Å². The highest BCUT2D eigenvalue weighted by Gasteiger charge is 2.20. The van der Waals surface area contributed by atoms with Crippen molar-refractivity contribution in [2.24, 2.45) is 0 Å². The molecular formula is C19H18ClN3O4S2. The second-order valence-corrected chi connectivity index (χ2v) is 8.89. The van der Waals surface area contributed by atoms with Crippen LogP contribution in [0.1, 0.15) is 13.3 Å². The van der Waals surface area contributed by atoms with Crippen LogP contribution >= 0.6 is 22.9 Å². The van der Waals surface area contributed by atoms with Gasteiger partial charge in [-0.1, -0.05) is 30.7 Å². The number of sulfonamides is 1. The maximum absolute atomic E-state index is 12.5. The summed E-state index contributed by atoms with van der Waals surface area (Å²) in [5, 5.41) is 5.10. The zero-order valence-electron chi connectivity index (χ0n) is 15.3. The lowest BCUT2D eigenvalue weighted by molar-refractivity contribution is -0.122. The smallest absolute Gasteiger partial charge is 0.265 e. The molecule has 2 N–H and O–H groups in total. The number of nitrogens with one attached hydrogen (secondary N) is 2.